The summed E-state index contributed by atoms with van der Waals surface area (Å²) in [6.45, 7) is 5.65. The molecule has 0 saturated carbocycles. The zero-order valence-corrected chi connectivity index (χ0v) is 21.3. The molecular formula is C22H24Cl4N2O2S. The summed E-state index contributed by atoms with van der Waals surface area (Å²) < 4.78 is 0. The zero-order valence-electron chi connectivity index (χ0n) is 17.4. The minimum atomic E-state index is -0.665. The van der Waals surface area contributed by atoms with Crippen LogP contribution in [0.2, 0.25) is 20.1 Å². The summed E-state index contributed by atoms with van der Waals surface area (Å²) in [5.74, 6) is 0.333. The highest BCUT2D eigenvalue weighted by molar-refractivity contribution is 7.99. The van der Waals surface area contributed by atoms with Crippen LogP contribution in [0.1, 0.15) is 31.9 Å². The third kappa shape index (κ3) is 8.07. The summed E-state index contributed by atoms with van der Waals surface area (Å²) in [4.78, 5) is 27.2. The van der Waals surface area contributed by atoms with Crippen LogP contribution in [0.15, 0.2) is 36.4 Å². The number of benzene rings is 2. The van der Waals surface area contributed by atoms with Crippen molar-refractivity contribution in [1.29, 1.82) is 0 Å². The van der Waals surface area contributed by atoms with Crippen LogP contribution >= 0.6 is 58.2 Å². The van der Waals surface area contributed by atoms with Gasteiger partial charge >= 0.3 is 0 Å². The van der Waals surface area contributed by atoms with E-state index in [-0.39, 0.29) is 30.2 Å². The first-order chi connectivity index (χ1) is 14.6. The Bertz CT molecular complexity index is 940. The number of carbonyl (C=O) groups excluding carboxylic acids is 2. The van der Waals surface area contributed by atoms with Gasteiger partial charge in [-0.05, 0) is 56.2 Å². The Morgan fingerprint density at radius 1 is 0.935 bits per heavy atom. The predicted octanol–water partition coefficient (Wildman–Crippen LogP) is 6.48. The van der Waals surface area contributed by atoms with E-state index in [1.165, 1.54) is 16.7 Å². The van der Waals surface area contributed by atoms with E-state index in [9.17, 15) is 9.59 Å². The van der Waals surface area contributed by atoms with E-state index in [2.05, 4.69) is 5.32 Å². The number of nitrogens with zero attached hydrogens (tertiary/aromatic N) is 1. The molecule has 0 aliphatic rings. The minimum absolute atomic E-state index is 0.0348. The Morgan fingerprint density at radius 2 is 1.48 bits per heavy atom. The first kappa shape index (κ1) is 26.1. The van der Waals surface area contributed by atoms with E-state index in [0.717, 1.165) is 5.56 Å². The molecule has 0 aliphatic heterocycles. The fraction of sp³-hybridized carbons (Fsp3) is 0.364. The van der Waals surface area contributed by atoms with Crippen molar-refractivity contribution in [2.24, 2.45) is 0 Å². The normalized spacial score (nSPS) is 12.0. The van der Waals surface area contributed by atoms with Crippen LogP contribution in [0.5, 0.6) is 0 Å². The van der Waals surface area contributed by atoms with Gasteiger partial charge in [0.2, 0.25) is 11.8 Å². The van der Waals surface area contributed by atoms with Gasteiger partial charge in [-0.3, -0.25) is 9.59 Å². The molecule has 0 spiro atoms. The van der Waals surface area contributed by atoms with Gasteiger partial charge in [-0.15, -0.1) is 11.8 Å². The van der Waals surface area contributed by atoms with Gasteiger partial charge in [0.1, 0.15) is 6.04 Å². The van der Waals surface area contributed by atoms with Crippen LogP contribution in [0.3, 0.4) is 0 Å². The summed E-state index contributed by atoms with van der Waals surface area (Å²) in [5, 5.41) is 4.93. The molecule has 2 rings (SSSR count). The first-order valence-corrected chi connectivity index (χ1v) is 12.3. The monoisotopic (exact) mass is 520 g/mol. The molecule has 0 aliphatic carbocycles. The molecule has 0 unspecified atom stereocenters. The van der Waals surface area contributed by atoms with Gasteiger partial charge < -0.3 is 10.2 Å². The van der Waals surface area contributed by atoms with Gasteiger partial charge in [0.05, 0.1) is 5.75 Å². The van der Waals surface area contributed by atoms with Crippen molar-refractivity contribution in [1.82, 2.24) is 10.2 Å². The fourth-order valence-corrected chi connectivity index (χ4v) is 4.73. The van der Waals surface area contributed by atoms with Crippen LogP contribution < -0.4 is 5.32 Å². The van der Waals surface area contributed by atoms with Crippen molar-refractivity contribution in [3.8, 4) is 0 Å². The number of nitrogens with one attached hydrogen (secondary N) is 1. The average molecular weight is 522 g/mol. The van der Waals surface area contributed by atoms with Crippen molar-refractivity contribution in [3.05, 3.63) is 67.6 Å². The molecule has 0 radical (unpaired) electrons. The van der Waals surface area contributed by atoms with E-state index < -0.39 is 6.04 Å². The summed E-state index contributed by atoms with van der Waals surface area (Å²) in [6, 6.07) is 9.67. The second-order valence-corrected chi connectivity index (χ2v) is 10.00. The van der Waals surface area contributed by atoms with Crippen LogP contribution in [0.4, 0.5) is 0 Å². The number of carbonyl (C=O) groups is 2. The molecular weight excluding hydrogens is 498 g/mol. The van der Waals surface area contributed by atoms with E-state index >= 15 is 0 Å². The van der Waals surface area contributed by atoms with E-state index in [1.54, 1.807) is 37.3 Å². The van der Waals surface area contributed by atoms with Crippen molar-refractivity contribution in [2.45, 2.75) is 45.2 Å². The molecule has 0 bridgehead atoms. The molecule has 168 valence electrons. The Morgan fingerprint density at radius 3 is 2.00 bits per heavy atom. The number of halogens is 4. The molecule has 1 atom stereocenters. The lowest BCUT2D eigenvalue weighted by molar-refractivity contribution is -0.138. The van der Waals surface area contributed by atoms with E-state index in [4.69, 9.17) is 46.4 Å². The molecule has 9 heteroatoms. The number of thioether (sulfide) groups is 1. The molecule has 1 N–H and O–H groups in total. The maximum atomic E-state index is 13.1. The van der Waals surface area contributed by atoms with Gasteiger partial charge in [0.25, 0.3) is 0 Å². The third-order valence-corrected chi connectivity index (χ3v) is 6.59. The van der Waals surface area contributed by atoms with Crippen LogP contribution in [-0.2, 0) is 21.9 Å². The average Bonchev–Trinajstić information content (AvgIpc) is 2.68. The largest absolute Gasteiger partial charge is 0.352 e. The highest BCUT2D eigenvalue weighted by Gasteiger charge is 2.27. The number of rotatable bonds is 9. The molecule has 31 heavy (non-hydrogen) atoms. The number of hydrogen-bond acceptors (Lipinski definition) is 3. The van der Waals surface area contributed by atoms with Gasteiger partial charge in [-0.25, -0.2) is 0 Å². The molecule has 0 saturated heterocycles. The topological polar surface area (TPSA) is 49.4 Å². The van der Waals surface area contributed by atoms with Crippen LogP contribution in [-0.4, -0.2) is 34.6 Å². The molecule has 2 aromatic carbocycles. The van der Waals surface area contributed by atoms with Gasteiger partial charge in [0.15, 0.2) is 0 Å². The molecule has 0 fully saturated rings. The van der Waals surface area contributed by atoms with Crippen molar-refractivity contribution < 1.29 is 9.59 Å². The SMILES string of the molecule is CC(C)NC(=O)[C@@H](C)N(Cc1ccc(Cl)cc1Cl)C(=O)CSCc1ccc(Cl)cc1Cl. The van der Waals surface area contributed by atoms with Gasteiger partial charge in [-0.2, -0.15) is 0 Å². The fourth-order valence-electron chi connectivity index (χ4n) is 2.79. The Kier molecular flexibility index (Phi) is 10.3. The molecule has 2 aromatic rings. The summed E-state index contributed by atoms with van der Waals surface area (Å²) in [6.07, 6.45) is 0. The lowest BCUT2D eigenvalue weighted by atomic mass is 10.1. The maximum Gasteiger partial charge on any atom is 0.242 e. The van der Waals surface area contributed by atoms with Gasteiger partial charge in [-0.1, -0.05) is 58.5 Å². The highest BCUT2D eigenvalue weighted by Crippen LogP contribution is 2.26. The second-order valence-electron chi connectivity index (χ2n) is 7.33. The molecule has 4 nitrogen and oxygen atoms in total. The number of amides is 2. The Labute approximate surface area is 207 Å². The number of hydrogen-bond donors (Lipinski definition) is 1. The minimum Gasteiger partial charge on any atom is -0.352 e. The molecule has 0 heterocycles. The quantitative estimate of drug-likeness (QED) is 0.411. The standard InChI is InChI=1S/C22H24Cl4N2O2S/c1-13(2)27-22(30)14(3)28(10-15-4-6-17(23)8-19(15)25)21(29)12-31-11-16-5-7-18(24)9-20(16)26/h4-9,13-14H,10-12H2,1-3H3,(H,27,30)/t14-/m1/s1. The lowest BCUT2D eigenvalue weighted by Gasteiger charge is -2.29. The van der Waals surface area contributed by atoms with Crippen molar-refractivity contribution in [3.63, 3.8) is 0 Å². The third-order valence-electron chi connectivity index (χ3n) is 4.45. The van der Waals surface area contributed by atoms with E-state index in [0.29, 0.717) is 31.4 Å². The Hall–Kier alpha value is -1.11. The molecule has 0 aromatic heterocycles. The first-order valence-electron chi connectivity index (χ1n) is 9.64. The molecule has 2 amide bonds. The summed E-state index contributed by atoms with van der Waals surface area (Å²) in [7, 11) is 0. The highest BCUT2D eigenvalue weighted by atomic mass is 35.5. The Balaban J connectivity index is 2.13. The van der Waals surface area contributed by atoms with Crippen molar-refractivity contribution in [2.75, 3.05) is 5.75 Å². The van der Waals surface area contributed by atoms with Gasteiger partial charge in [0, 0.05) is 38.4 Å². The predicted molar refractivity (Wildman–Crippen MR) is 132 cm³/mol. The van der Waals surface area contributed by atoms with Crippen LogP contribution in [0, 0.1) is 0 Å². The smallest absolute Gasteiger partial charge is 0.242 e. The lowest BCUT2D eigenvalue weighted by Crippen LogP contribution is -2.49. The van der Waals surface area contributed by atoms with E-state index in [1.807, 2.05) is 19.9 Å². The summed E-state index contributed by atoms with van der Waals surface area (Å²) in [5.41, 5.74) is 1.61. The summed E-state index contributed by atoms with van der Waals surface area (Å²) >= 11 is 25.9. The second kappa shape index (κ2) is 12.2. The maximum absolute atomic E-state index is 13.1. The van der Waals surface area contributed by atoms with Crippen LogP contribution in [0.25, 0.3) is 0 Å². The van der Waals surface area contributed by atoms with Crippen molar-refractivity contribution >= 4 is 70.0 Å². The zero-order chi connectivity index (χ0) is 23.1.